The molecule has 1 amide bonds. The van der Waals surface area contributed by atoms with E-state index in [1.165, 1.54) is 49.3 Å². The molecule has 1 saturated heterocycles. The van der Waals surface area contributed by atoms with Gasteiger partial charge >= 0.3 is 0 Å². The molecular formula is C27H40N4O3S. The molecule has 0 bridgehead atoms. The van der Waals surface area contributed by atoms with Crippen molar-refractivity contribution in [1.82, 2.24) is 14.5 Å². The maximum absolute atomic E-state index is 12.9. The van der Waals surface area contributed by atoms with E-state index in [1.54, 1.807) is 30.5 Å². The molecule has 0 aromatic heterocycles. The van der Waals surface area contributed by atoms with Crippen molar-refractivity contribution in [3.63, 3.8) is 0 Å². The van der Waals surface area contributed by atoms with Crippen molar-refractivity contribution in [2.45, 2.75) is 88.5 Å². The molecule has 0 spiro atoms. The SMILES string of the molecule is Cc1ccc(S(=O)(=O)N2CCN(/C=C(/C#N)C(=O)NC3CCCCCCCCCCC3)CC2)cc1. The van der Waals surface area contributed by atoms with Crippen LogP contribution in [-0.4, -0.2) is 55.8 Å². The van der Waals surface area contributed by atoms with Gasteiger partial charge in [-0.1, -0.05) is 75.5 Å². The largest absolute Gasteiger partial charge is 0.373 e. The van der Waals surface area contributed by atoms with Crippen LogP contribution in [0.2, 0.25) is 0 Å². The number of carbonyl (C=O) groups is 1. The van der Waals surface area contributed by atoms with Crippen LogP contribution in [0.3, 0.4) is 0 Å². The van der Waals surface area contributed by atoms with Crippen LogP contribution < -0.4 is 5.32 Å². The van der Waals surface area contributed by atoms with Gasteiger partial charge in [-0.15, -0.1) is 0 Å². The van der Waals surface area contributed by atoms with Gasteiger partial charge in [0.05, 0.1) is 4.90 Å². The van der Waals surface area contributed by atoms with E-state index >= 15 is 0 Å². The van der Waals surface area contributed by atoms with Crippen molar-refractivity contribution in [1.29, 1.82) is 5.26 Å². The topological polar surface area (TPSA) is 93.5 Å². The van der Waals surface area contributed by atoms with Gasteiger partial charge in [-0.25, -0.2) is 8.42 Å². The van der Waals surface area contributed by atoms with Gasteiger partial charge in [-0.05, 0) is 31.9 Å². The summed E-state index contributed by atoms with van der Waals surface area (Å²) in [6, 6.07) is 9.03. The third kappa shape index (κ3) is 8.36. The van der Waals surface area contributed by atoms with Crippen LogP contribution in [0.1, 0.15) is 76.2 Å². The summed E-state index contributed by atoms with van der Waals surface area (Å²) in [6.45, 7) is 3.43. The normalized spacial score (nSPS) is 20.3. The monoisotopic (exact) mass is 500 g/mol. The summed E-state index contributed by atoms with van der Waals surface area (Å²) in [5, 5.41) is 12.8. The van der Waals surface area contributed by atoms with E-state index < -0.39 is 10.0 Å². The van der Waals surface area contributed by atoms with Gasteiger partial charge in [0.15, 0.2) is 0 Å². The molecule has 1 aromatic rings. The second kappa shape index (κ2) is 13.6. The lowest BCUT2D eigenvalue weighted by Gasteiger charge is -2.33. The number of rotatable bonds is 5. The fraction of sp³-hybridized carbons (Fsp3) is 0.630. The van der Waals surface area contributed by atoms with Gasteiger partial charge in [0, 0.05) is 38.4 Å². The molecule has 1 aliphatic heterocycles. The Balaban J connectivity index is 1.55. The highest BCUT2D eigenvalue weighted by atomic mass is 32.2. The zero-order valence-corrected chi connectivity index (χ0v) is 21.9. The minimum atomic E-state index is -3.55. The number of carbonyl (C=O) groups excluding carboxylic acids is 1. The van der Waals surface area contributed by atoms with E-state index in [9.17, 15) is 18.5 Å². The lowest BCUT2D eigenvalue weighted by atomic mass is 9.97. The van der Waals surface area contributed by atoms with E-state index in [0.717, 1.165) is 31.2 Å². The Labute approximate surface area is 211 Å². The fourth-order valence-electron chi connectivity index (χ4n) is 4.82. The van der Waals surface area contributed by atoms with Crippen LogP contribution >= 0.6 is 0 Å². The third-order valence-corrected chi connectivity index (χ3v) is 8.96. The average molecular weight is 501 g/mol. The second-order valence-corrected chi connectivity index (χ2v) is 11.8. The molecule has 1 heterocycles. The number of nitrogens with one attached hydrogen (secondary N) is 1. The van der Waals surface area contributed by atoms with Gasteiger partial charge in [0.25, 0.3) is 5.91 Å². The van der Waals surface area contributed by atoms with Gasteiger partial charge in [-0.2, -0.15) is 9.57 Å². The van der Waals surface area contributed by atoms with Crippen LogP contribution in [0.15, 0.2) is 40.9 Å². The number of benzene rings is 1. The molecule has 1 saturated carbocycles. The van der Waals surface area contributed by atoms with Gasteiger partial charge < -0.3 is 10.2 Å². The molecule has 2 aliphatic rings. The summed E-state index contributed by atoms with van der Waals surface area (Å²) in [7, 11) is -3.55. The summed E-state index contributed by atoms with van der Waals surface area (Å²) < 4.78 is 27.3. The van der Waals surface area contributed by atoms with Crippen molar-refractivity contribution in [2.24, 2.45) is 0 Å². The number of hydrogen-bond acceptors (Lipinski definition) is 5. The first-order chi connectivity index (χ1) is 16.9. The number of aryl methyl sites for hydroxylation is 1. The second-order valence-electron chi connectivity index (χ2n) is 9.84. The number of hydrogen-bond donors (Lipinski definition) is 1. The van der Waals surface area contributed by atoms with E-state index in [4.69, 9.17) is 0 Å². The maximum Gasteiger partial charge on any atom is 0.263 e. The van der Waals surface area contributed by atoms with Crippen LogP contribution in [0.4, 0.5) is 0 Å². The van der Waals surface area contributed by atoms with Gasteiger partial charge in [0.1, 0.15) is 11.6 Å². The smallest absolute Gasteiger partial charge is 0.263 e. The molecule has 1 aliphatic carbocycles. The Morgan fingerprint density at radius 2 is 1.43 bits per heavy atom. The molecular weight excluding hydrogens is 460 g/mol. The predicted octanol–water partition coefficient (Wildman–Crippen LogP) is 4.50. The Morgan fingerprint density at radius 3 is 1.94 bits per heavy atom. The molecule has 8 heteroatoms. The van der Waals surface area contributed by atoms with Crippen molar-refractivity contribution in [3.05, 3.63) is 41.6 Å². The summed E-state index contributed by atoms with van der Waals surface area (Å²) in [5.74, 6) is -0.320. The molecule has 7 nitrogen and oxygen atoms in total. The van der Waals surface area contributed by atoms with E-state index in [-0.39, 0.29) is 17.5 Å². The Bertz CT molecular complexity index is 978. The highest BCUT2D eigenvalue weighted by Gasteiger charge is 2.28. The Hall–Kier alpha value is -2.37. The van der Waals surface area contributed by atoms with E-state index in [1.807, 2.05) is 11.8 Å². The molecule has 0 radical (unpaired) electrons. The summed E-state index contributed by atoms with van der Waals surface area (Å²) >= 11 is 0. The lowest BCUT2D eigenvalue weighted by molar-refractivity contribution is -0.118. The Kier molecular flexibility index (Phi) is 10.6. The molecule has 1 N–H and O–H groups in total. The van der Waals surface area contributed by atoms with Crippen LogP contribution in [0, 0.1) is 18.3 Å². The summed E-state index contributed by atoms with van der Waals surface area (Å²) in [5.41, 5.74) is 1.10. The predicted molar refractivity (Wildman–Crippen MR) is 138 cm³/mol. The molecule has 192 valence electrons. The molecule has 35 heavy (non-hydrogen) atoms. The van der Waals surface area contributed by atoms with Crippen LogP contribution in [0.5, 0.6) is 0 Å². The first-order valence-corrected chi connectivity index (χ1v) is 14.6. The van der Waals surface area contributed by atoms with E-state index in [2.05, 4.69) is 11.4 Å². The number of piperazine rings is 1. The fourth-order valence-corrected chi connectivity index (χ4v) is 6.25. The maximum atomic E-state index is 12.9. The van der Waals surface area contributed by atoms with Crippen molar-refractivity contribution >= 4 is 15.9 Å². The van der Waals surface area contributed by atoms with Gasteiger partial charge in [0.2, 0.25) is 10.0 Å². The number of nitrogens with zero attached hydrogens (tertiary/aromatic N) is 3. The molecule has 0 atom stereocenters. The number of nitriles is 1. The lowest BCUT2D eigenvalue weighted by Crippen LogP contribution is -2.47. The van der Waals surface area contributed by atoms with Crippen molar-refractivity contribution < 1.29 is 13.2 Å². The molecule has 2 fully saturated rings. The average Bonchev–Trinajstić information content (AvgIpc) is 2.84. The Morgan fingerprint density at radius 1 is 0.914 bits per heavy atom. The number of sulfonamides is 1. The first kappa shape index (κ1) is 27.2. The standard InChI is InChI=1S/C27H40N4O3S/c1-23-13-15-26(16-14-23)35(33,34)31-19-17-30(18-20-31)22-24(21-28)27(32)29-25-11-9-7-5-3-2-4-6-8-10-12-25/h13-16,22,25H,2-12,17-20H2,1H3,(H,29,32)/b24-22-. The zero-order valence-electron chi connectivity index (χ0n) is 21.0. The molecule has 3 rings (SSSR count). The molecule has 1 aromatic carbocycles. The summed E-state index contributed by atoms with van der Waals surface area (Å²) in [4.78, 5) is 15.1. The third-order valence-electron chi connectivity index (χ3n) is 7.05. The number of amides is 1. The highest BCUT2D eigenvalue weighted by molar-refractivity contribution is 7.89. The van der Waals surface area contributed by atoms with Crippen LogP contribution in [0.25, 0.3) is 0 Å². The van der Waals surface area contributed by atoms with Gasteiger partial charge in [-0.3, -0.25) is 4.79 Å². The van der Waals surface area contributed by atoms with E-state index in [0.29, 0.717) is 31.1 Å². The molecule has 0 unspecified atom stereocenters. The van der Waals surface area contributed by atoms with Crippen molar-refractivity contribution in [3.8, 4) is 6.07 Å². The first-order valence-electron chi connectivity index (χ1n) is 13.1. The van der Waals surface area contributed by atoms with Crippen LogP contribution in [-0.2, 0) is 14.8 Å². The summed E-state index contributed by atoms with van der Waals surface area (Å²) in [6.07, 6.45) is 14.6. The minimum absolute atomic E-state index is 0.0889. The quantitative estimate of drug-likeness (QED) is 0.475. The zero-order chi connectivity index (χ0) is 25.1. The highest BCUT2D eigenvalue weighted by Crippen LogP contribution is 2.20. The van der Waals surface area contributed by atoms with Crippen molar-refractivity contribution in [2.75, 3.05) is 26.2 Å². The minimum Gasteiger partial charge on any atom is -0.373 e.